The molecule has 1 aliphatic heterocycles. The summed E-state index contributed by atoms with van der Waals surface area (Å²) in [5.41, 5.74) is 0.392. The van der Waals surface area contributed by atoms with Crippen LogP contribution in [0.4, 0.5) is 0 Å². The fourth-order valence-corrected chi connectivity index (χ4v) is 1.19. The first kappa shape index (κ1) is 8.11. The molecule has 1 N–H and O–H groups in total. The van der Waals surface area contributed by atoms with E-state index in [0.717, 1.165) is 19.1 Å². The third-order valence-electron chi connectivity index (χ3n) is 1.75. The molecule has 1 atom stereocenters. The maximum Gasteiger partial charge on any atom is 0.337 e. The summed E-state index contributed by atoms with van der Waals surface area (Å²) in [4.78, 5) is 10.8. The predicted molar refractivity (Wildman–Crippen MR) is 40.1 cm³/mol. The second kappa shape index (κ2) is 3.42. The maximum absolute atomic E-state index is 10.8. The summed E-state index contributed by atoms with van der Waals surface area (Å²) in [6, 6.07) is 0. The Kier molecular flexibility index (Phi) is 2.52. The first-order valence-corrected chi connectivity index (χ1v) is 3.82. The van der Waals surface area contributed by atoms with Crippen LogP contribution in [-0.2, 0) is 9.53 Å². The van der Waals surface area contributed by atoms with Crippen molar-refractivity contribution in [2.45, 2.75) is 32.3 Å². The van der Waals surface area contributed by atoms with Crippen LogP contribution < -0.4 is 0 Å². The van der Waals surface area contributed by atoms with E-state index in [1.54, 1.807) is 0 Å². The molecule has 0 saturated carbocycles. The largest absolute Gasteiger partial charge is 0.515 e. The van der Waals surface area contributed by atoms with Crippen LogP contribution in [0.3, 0.4) is 0 Å². The molecule has 62 valence electrons. The van der Waals surface area contributed by atoms with Gasteiger partial charge in [-0.3, -0.25) is 0 Å². The van der Waals surface area contributed by atoms with Gasteiger partial charge in [-0.15, -0.1) is 0 Å². The van der Waals surface area contributed by atoms with E-state index in [0.29, 0.717) is 12.0 Å². The Hall–Kier alpha value is -0.990. The van der Waals surface area contributed by atoms with Crippen LogP contribution in [0.25, 0.3) is 0 Å². The minimum atomic E-state index is -0.369. The molecule has 0 radical (unpaired) electrons. The number of hydrogen-bond acceptors (Lipinski definition) is 3. The fraction of sp³-hybridized carbons (Fsp3) is 0.625. The molecule has 0 amide bonds. The van der Waals surface area contributed by atoms with Gasteiger partial charge in [-0.2, -0.15) is 0 Å². The number of aliphatic hydroxyl groups is 1. The Morgan fingerprint density at radius 1 is 1.82 bits per heavy atom. The smallest absolute Gasteiger partial charge is 0.337 e. The zero-order chi connectivity index (χ0) is 8.27. The summed E-state index contributed by atoms with van der Waals surface area (Å²) in [7, 11) is 0. The van der Waals surface area contributed by atoms with Gasteiger partial charge in [-0.05, 0) is 6.42 Å². The number of rotatable bonds is 2. The fourth-order valence-electron chi connectivity index (χ4n) is 1.19. The average molecular weight is 156 g/mol. The van der Waals surface area contributed by atoms with E-state index in [1.165, 1.54) is 0 Å². The monoisotopic (exact) mass is 156 g/mol. The Morgan fingerprint density at radius 2 is 2.55 bits per heavy atom. The number of hydrogen-bond donors (Lipinski definition) is 1. The summed E-state index contributed by atoms with van der Waals surface area (Å²) in [5, 5.41) is 8.56. The highest BCUT2D eigenvalue weighted by Crippen LogP contribution is 2.22. The number of ether oxygens (including phenoxy) is 1. The van der Waals surface area contributed by atoms with E-state index in [2.05, 4.69) is 0 Å². The lowest BCUT2D eigenvalue weighted by Crippen LogP contribution is -2.05. The highest BCUT2D eigenvalue weighted by atomic mass is 16.5. The third kappa shape index (κ3) is 1.73. The van der Waals surface area contributed by atoms with E-state index in [9.17, 15) is 4.79 Å². The van der Waals surface area contributed by atoms with Gasteiger partial charge in [-0.1, -0.05) is 13.3 Å². The van der Waals surface area contributed by atoms with E-state index < -0.39 is 0 Å². The lowest BCUT2D eigenvalue weighted by atomic mass is 10.1. The van der Waals surface area contributed by atoms with Crippen LogP contribution in [0.2, 0.25) is 0 Å². The quantitative estimate of drug-likeness (QED) is 0.375. The van der Waals surface area contributed by atoms with Gasteiger partial charge < -0.3 is 9.84 Å². The van der Waals surface area contributed by atoms with Crippen molar-refractivity contribution in [3.8, 4) is 0 Å². The third-order valence-corrected chi connectivity index (χ3v) is 1.75. The summed E-state index contributed by atoms with van der Waals surface area (Å²) in [5.74, 6) is -0.369. The Bertz CT molecular complexity index is 184. The van der Waals surface area contributed by atoms with Crippen molar-refractivity contribution in [1.29, 1.82) is 0 Å². The van der Waals surface area contributed by atoms with Crippen molar-refractivity contribution in [3.05, 3.63) is 11.8 Å². The van der Waals surface area contributed by atoms with Gasteiger partial charge >= 0.3 is 5.97 Å². The van der Waals surface area contributed by atoms with Gasteiger partial charge in [0.2, 0.25) is 0 Å². The normalized spacial score (nSPS) is 27.5. The van der Waals surface area contributed by atoms with E-state index in [4.69, 9.17) is 9.84 Å². The Labute approximate surface area is 65.7 Å². The van der Waals surface area contributed by atoms with Gasteiger partial charge in [0.1, 0.15) is 6.10 Å². The molecule has 1 fully saturated rings. The highest BCUT2D eigenvalue weighted by Gasteiger charge is 2.27. The molecule has 11 heavy (non-hydrogen) atoms. The van der Waals surface area contributed by atoms with Crippen molar-refractivity contribution in [3.63, 3.8) is 0 Å². The molecule has 3 nitrogen and oxygen atoms in total. The van der Waals surface area contributed by atoms with E-state index >= 15 is 0 Å². The molecule has 3 heteroatoms. The molecule has 0 aromatic rings. The number of aliphatic hydroxyl groups excluding tert-OH is 1. The molecule has 0 bridgehead atoms. The lowest BCUT2D eigenvalue weighted by molar-refractivity contribution is -0.139. The molecule has 1 heterocycles. The Balaban J connectivity index is 2.50. The average Bonchev–Trinajstić information content (AvgIpc) is 2.32. The first-order valence-electron chi connectivity index (χ1n) is 3.82. The van der Waals surface area contributed by atoms with Crippen molar-refractivity contribution in [1.82, 2.24) is 0 Å². The van der Waals surface area contributed by atoms with Crippen molar-refractivity contribution >= 4 is 5.97 Å². The summed E-state index contributed by atoms with van der Waals surface area (Å²) < 4.78 is 4.94. The van der Waals surface area contributed by atoms with Gasteiger partial charge in [0.15, 0.2) is 0 Å². The topological polar surface area (TPSA) is 46.5 Å². The molecule has 1 saturated heterocycles. The molecule has 0 aromatic carbocycles. The molecule has 1 unspecified atom stereocenters. The second-order valence-corrected chi connectivity index (χ2v) is 2.67. The van der Waals surface area contributed by atoms with Crippen LogP contribution in [-0.4, -0.2) is 17.2 Å². The van der Waals surface area contributed by atoms with Gasteiger partial charge in [-0.25, -0.2) is 4.79 Å². The standard InChI is InChI=1S/C8H12O3/c1-2-3-7-4-6(5-9)8(10)11-7/h5,7,9H,2-4H2,1H3. The number of carbonyl (C=O) groups excluding carboxylic acids is 1. The number of carbonyl (C=O) groups is 1. The molecule has 1 aliphatic rings. The minimum Gasteiger partial charge on any atom is -0.515 e. The van der Waals surface area contributed by atoms with Crippen LogP contribution in [0.5, 0.6) is 0 Å². The summed E-state index contributed by atoms with van der Waals surface area (Å²) >= 11 is 0. The highest BCUT2D eigenvalue weighted by molar-refractivity contribution is 5.90. The molecule has 0 aromatic heterocycles. The van der Waals surface area contributed by atoms with E-state index in [1.807, 2.05) is 6.92 Å². The molecular weight excluding hydrogens is 144 g/mol. The van der Waals surface area contributed by atoms with Crippen molar-refractivity contribution in [2.75, 3.05) is 0 Å². The predicted octanol–water partition coefficient (Wildman–Crippen LogP) is 1.54. The zero-order valence-corrected chi connectivity index (χ0v) is 6.54. The summed E-state index contributed by atoms with van der Waals surface area (Å²) in [6.45, 7) is 2.04. The molecular formula is C8H12O3. The van der Waals surface area contributed by atoms with Crippen LogP contribution >= 0.6 is 0 Å². The molecule has 0 aliphatic carbocycles. The maximum atomic E-state index is 10.8. The SMILES string of the molecule is CCCC1CC(=CO)C(=O)O1. The second-order valence-electron chi connectivity index (χ2n) is 2.67. The summed E-state index contributed by atoms with van der Waals surface area (Å²) in [6.07, 6.45) is 3.27. The van der Waals surface area contributed by atoms with Crippen LogP contribution in [0.1, 0.15) is 26.2 Å². The number of cyclic esters (lactones) is 1. The van der Waals surface area contributed by atoms with Crippen LogP contribution in [0.15, 0.2) is 11.8 Å². The lowest BCUT2D eigenvalue weighted by Gasteiger charge is -2.04. The van der Waals surface area contributed by atoms with Gasteiger partial charge in [0.25, 0.3) is 0 Å². The van der Waals surface area contributed by atoms with E-state index in [-0.39, 0.29) is 12.1 Å². The van der Waals surface area contributed by atoms with Crippen molar-refractivity contribution in [2.24, 2.45) is 0 Å². The zero-order valence-electron chi connectivity index (χ0n) is 6.54. The minimum absolute atomic E-state index is 0.00843. The molecule has 0 spiro atoms. The van der Waals surface area contributed by atoms with Gasteiger partial charge in [0.05, 0.1) is 11.8 Å². The number of esters is 1. The van der Waals surface area contributed by atoms with Gasteiger partial charge in [0, 0.05) is 6.42 Å². The molecule has 1 rings (SSSR count). The van der Waals surface area contributed by atoms with Crippen LogP contribution in [0, 0.1) is 0 Å². The Morgan fingerprint density at radius 3 is 3.00 bits per heavy atom. The van der Waals surface area contributed by atoms with Crippen molar-refractivity contribution < 1.29 is 14.6 Å². The first-order chi connectivity index (χ1) is 5.27.